The maximum Gasteiger partial charge on any atom is 0.227 e. The van der Waals surface area contributed by atoms with E-state index in [1.54, 1.807) is 0 Å². The van der Waals surface area contributed by atoms with Crippen LogP contribution in [0.4, 0.5) is 0 Å². The molecule has 1 heterocycles. The Labute approximate surface area is 133 Å². The average Bonchev–Trinajstić information content (AvgIpc) is 2.46. The molecule has 1 fully saturated rings. The fourth-order valence-corrected chi connectivity index (χ4v) is 2.56. The van der Waals surface area contributed by atoms with Crippen LogP contribution in [0.1, 0.15) is 32.3 Å². The van der Waals surface area contributed by atoms with Crippen LogP contribution in [0.25, 0.3) is 0 Å². The summed E-state index contributed by atoms with van der Waals surface area (Å²) in [4.78, 5) is 12.3. The number of ether oxygens (including phenoxy) is 1. The highest BCUT2D eigenvalue weighted by molar-refractivity contribution is 5.85. The molecule has 2 rings (SSSR count). The molecule has 0 radical (unpaired) electrons. The Balaban J connectivity index is 0.00000220. The predicted molar refractivity (Wildman–Crippen MR) is 86.9 cm³/mol. The van der Waals surface area contributed by atoms with Crippen molar-refractivity contribution in [1.82, 2.24) is 10.6 Å². The molecule has 1 aromatic rings. The van der Waals surface area contributed by atoms with Gasteiger partial charge in [-0.15, -0.1) is 12.4 Å². The third-order valence-electron chi connectivity index (χ3n) is 3.81. The highest BCUT2D eigenvalue weighted by Gasteiger charge is 2.34. The molecule has 0 spiro atoms. The molecule has 1 amide bonds. The first-order chi connectivity index (χ1) is 9.64. The molecule has 1 atom stereocenters. The summed E-state index contributed by atoms with van der Waals surface area (Å²) in [6.07, 6.45) is 2.01. The summed E-state index contributed by atoms with van der Waals surface area (Å²) < 4.78 is 5.47. The van der Waals surface area contributed by atoms with Crippen molar-refractivity contribution in [1.29, 1.82) is 0 Å². The van der Waals surface area contributed by atoms with Crippen LogP contribution in [-0.2, 0) is 11.3 Å². The second-order valence-electron chi connectivity index (χ2n) is 5.60. The highest BCUT2D eigenvalue weighted by Crippen LogP contribution is 2.25. The number of amides is 1. The lowest BCUT2D eigenvalue weighted by Gasteiger charge is -2.32. The Hall–Kier alpha value is -1.26. The molecule has 5 heteroatoms. The Morgan fingerprint density at radius 1 is 1.48 bits per heavy atom. The largest absolute Gasteiger partial charge is 0.494 e. The van der Waals surface area contributed by atoms with Crippen LogP contribution in [0.15, 0.2) is 24.3 Å². The van der Waals surface area contributed by atoms with Crippen molar-refractivity contribution < 1.29 is 9.53 Å². The summed E-state index contributed by atoms with van der Waals surface area (Å²) in [6, 6.07) is 7.87. The maximum absolute atomic E-state index is 12.3. The van der Waals surface area contributed by atoms with Gasteiger partial charge in [0.15, 0.2) is 0 Å². The number of carbonyl (C=O) groups excluding carboxylic acids is 1. The van der Waals surface area contributed by atoms with Crippen LogP contribution >= 0.6 is 12.4 Å². The van der Waals surface area contributed by atoms with Gasteiger partial charge >= 0.3 is 0 Å². The monoisotopic (exact) mass is 312 g/mol. The Morgan fingerprint density at radius 2 is 2.29 bits per heavy atom. The molecule has 2 N–H and O–H groups in total. The highest BCUT2D eigenvalue weighted by atomic mass is 35.5. The van der Waals surface area contributed by atoms with Crippen molar-refractivity contribution in [3.05, 3.63) is 29.8 Å². The summed E-state index contributed by atoms with van der Waals surface area (Å²) in [5.41, 5.74) is 0.784. The van der Waals surface area contributed by atoms with E-state index in [0.29, 0.717) is 13.2 Å². The molecule has 1 aliphatic heterocycles. The molecule has 1 saturated heterocycles. The smallest absolute Gasteiger partial charge is 0.227 e. The third kappa shape index (κ3) is 4.90. The van der Waals surface area contributed by atoms with Gasteiger partial charge in [-0.1, -0.05) is 12.1 Å². The Morgan fingerprint density at radius 3 is 2.95 bits per heavy atom. The minimum Gasteiger partial charge on any atom is -0.494 e. The third-order valence-corrected chi connectivity index (χ3v) is 3.81. The number of hydrogen-bond donors (Lipinski definition) is 2. The van der Waals surface area contributed by atoms with Gasteiger partial charge in [0, 0.05) is 13.1 Å². The van der Waals surface area contributed by atoms with Gasteiger partial charge in [0.05, 0.1) is 12.0 Å². The van der Waals surface area contributed by atoms with E-state index in [1.807, 2.05) is 38.1 Å². The minimum absolute atomic E-state index is 0. The molecule has 0 bridgehead atoms. The molecule has 21 heavy (non-hydrogen) atoms. The zero-order valence-electron chi connectivity index (χ0n) is 12.8. The van der Waals surface area contributed by atoms with Crippen molar-refractivity contribution in [3.63, 3.8) is 0 Å². The lowest BCUT2D eigenvalue weighted by molar-refractivity contribution is -0.131. The number of hydrogen-bond acceptors (Lipinski definition) is 3. The van der Waals surface area contributed by atoms with E-state index in [-0.39, 0.29) is 23.7 Å². The van der Waals surface area contributed by atoms with Gasteiger partial charge in [-0.25, -0.2) is 0 Å². The van der Waals surface area contributed by atoms with E-state index in [1.165, 1.54) is 0 Å². The van der Waals surface area contributed by atoms with Crippen molar-refractivity contribution in [3.8, 4) is 5.75 Å². The second-order valence-corrected chi connectivity index (χ2v) is 5.60. The first-order valence-corrected chi connectivity index (χ1v) is 7.35. The Bertz CT molecular complexity index is 459. The van der Waals surface area contributed by atoms with E-state index in [2.05, 4.69) is 10.6 Å². The standard InChI is InChI=1S/C16H24N2O2.ClH/c1-3-20-14-7-4-6-13(10-14)11-18-15(19)16(2)8-5-9-17-12-16;/h4,6-7,10,17H,3,5,8-9,11-12H2,1-2H3,(H,18,19);1H. The SMILES string of the molecule is CCOc1cccc(CNC(=O)C2(C)CCCNC2)c1.Cl. The van der Waals surface area contributed by atoms with Gasteiger partial charge in [-0.2, -0.15) is 0 Å². The van der Waals surface area contributed by atoms with Gasteiger partial charge in [-0.05, 0) is 50.9 Å². The molecule has 1 aliphatic rings. The van der Waals surface area contributed by atoms with Crippen LogP contribution in [0, 0.1) is 5.41 Å². The second kappa shape index (κ2) is 8.25. The number of halogens is 1. The molecular weight excluding hydrogens is 288 g/mol. The van der Waals surface area contributed by atoms with Gasteiger partial charge in [0.2, 0.25) is 5.91 Å². The first kappa shape index (κ1) is 17.8. The van der Waals surface area contributed by atoms with Gasteiger partial charge in [-0.3, -0.25) is 4.79 Å². The van der Waals surface area contributed by atoms with E-state index >= 15 is 0 Å². The van der Waals surface area contributed by atoms with E-state index in [0.717, 1.165) is 37.2 Å². The van der Waals surface area contributed by atoms with E-state index in [9.17, 15) is 4.79 Å². The number of carbonyl (C=O) groups is 1. The average molecular weight is 313 g/mol. The number of piperidine rings is 1. The molecular formula is C16H25ClN2O2. The zero-order valence-corrected chi connectivity index (χ0v) is 13.6. The van der Waals surface area contributed by atoms with Gasteiger partial charge in [0.25, 0.3) is 0 Å². The molecule has 0 aromatic heterocycles. The molecule has 4 nitrogen and oxygen atoms in total. The van der Waals surface area contributed by atoms with Crippen molar-refractivity contribution >= 4 is 18.3 Å². The topological polar surface area (TPSA) is 50.4 Å². The van der Waals surface area contributed by atoms with Crippen molar-refractivity contribution in [2.24, 2.45) is 5.41 Å². The zero-order chi connectivity index (χ0) is 14.4. The fraction of sp³-hybridized carbons (Fsp3) is 0.562. The van der Waals surface area contributed by atoms with Gasteiger partial charge < -0.3 is 15.4 Å². The Kier molecular flexibility index (Phi) is 6.99. The normalized spacial score (nSPS) is 21.2. The predicted octanol–water partition coefficient (Wildman–Crippen LogP) is 2.51. The minimum atomic E-state index is -0.282. The molecule has 118 valence electrons. The maximum atomic E-state index is 12.3. The molecule has 0 saturated carbocycles. The number of nitrogens with one attached hydrogen (secondary N) is 2. The van der Waals surface area contributed by atoms with Crippen LogP contribution < -0.4 is 15.4 Å². The van der Waals surface area contributed by atoms with Crippen LogP contribution in [-0.4, -0.2) is 25.6 Å². The molecule has 0 aliphatic carbocycles. The number of benzene rings is 1. The summed E-state index contributed by atoms with van der Waals surface area (Å²) in [5, 5.41) is 6.34. The molecule has 1 unspecified atom stereocenters. The quantitative estimate of drug-likeness (QED) is 0.878. The van der Waals surface area contributed by atoms with Crippen LogP contribution in [0.5, 0.6) is 5.75 Å². The lowest BCUT2D eigenvalue weighted by atomic mass is 9.82. The summed E-state index contributed by atoms with van der Waals surface area (Å²) in [5.74, 6) is 0.983. The molecule has 1 aromatic carbocycles. The lowest BCUT2D eigenvalue weighted by Crippen LogP contribution is -2.48. The number of rotatable bonds is 5. The first-order valence-electron chi connectivity index (χ1n) is 7.35. The van der Waals surface area contributed by atoms with Gasteiger partial charge in [0.1, 0.15) is 5.75 Å². The summed E-state index contributed by atoms with van der Waals surface area (Å²) >= 11 is 0. The van der Waals surface area contributed by atoms with Crippen molar-refractivity contribution in [2.45, 2.75) is 33.2 Å². The van der Waals surface area contributed by atoms with Crippen molar-refractivity contribution in [2.75, 3.05) is 19.7 Å². The van der Waals surface area contributed by atoms with Crippen LogP contribution in [0.2, 0.25) is 0 Å². The summed E-state index contributed by atoms with van der Waals surface area (Å²) in [6.45, 7) is 6.97. The van der Waals surface area contributed by atoms with E-state index in [4.69, 9.17) is 4.74 Å². The summed E-state index contributed by atoms with van der Waals surface area (Å²) in [7, 11) is 0. The van der Waals surface area contributed by atoms with Crippen LogP contribution in [0.3, 0.4) is 0 Å². The fourth-order valence-electron chi connectivity index (χ4n) is 2.56. The van der Waals surface area contributed by atoms with E-state index < -0.39 is 0 Å².